The lowest BCUT2D eigenvalue weighted by molar-refractivity contribution is -0.154. The highest BCUT2D eigenvalue weighted by Gasteiger charge is 2.46. The van der Waals surface area contributed by atoms with Gasteiger partial charge in [0.05, 0.1) is 19.8 Å². The number of methoxy groups -OCH3 is 1. The van der Waals surface area contributed by atoms with Crippen LogP contribution in [0, 0.1) is 11.3 Å². The van der Waals surface area contributed by atoms with Crippen molar-refractivity contribution in [1.29, 1.82) is 0 Å². The first-order valence-corrected chi connectivity index (χ1v) is 9.82. The normalized spacial score (nSPS) is 30.0. The minimum atomic E-state index is 0.192. The maximum Gasteiger partial charge on any atom is 0.118 e. The number of ether oxygens (including phenoxy) is 3. The molecule has 0 bridgehead atoms. The Bertz CT molecular complexity index is 557. The van der Waals surface area contributed by atoms with Crippen molar-refractivity contribution in [2.45, 2.75) is 44.8 Å². The third-order valence-electron chi connectivity index (χ3n) is 6.07. The Morgan fingerprint density at radius 3 is 2.80 bits per heavy atom. The van der Waals surface area contributed by atoms with Gasteiger partial charge in [0, 0.05) is 38.3 Å². The predicted molar refractivity (Wildman–Crippen MR) is 97.8 cm³/mol. The molecule has 3 fully saturated rings. The van der Waals surface area contributed by atoms with Crippen molar-refractivity contribution < 1.29 is 14.2 Å². The fourth-order valence-electron chi connectivity index (χ4n) is 4.43. The largest absolute Gasteiger partial charge is 0.497 e. The van der Waals surface area contributed by atoms with Crippen LogP contribution in [0.1, 0.15) is 37.7 Å². The molecule has 4 rings (SSSR count). The van der Waals surface area contributed by atoms with Gasteiger partial charge in [-0.15, -0.1) is 0 Å². The van der Waals surface area contributed by atoms with E-state index in [4.69, 9.17) is 14.2 Å². The summed E-state index contributed by atoms with van der Waals surface area (Å²) in [4.78, 5) is 2.59. The van der Waals surface area contributed by atoms with E-state index in [1.54, 1.807) is 7.11 Å². The number of fused-ring (bicyclic) bond motifs is 1. The van der Waals surface area contributed by atoms with Crippen LogP contribution in [0.25, 0.3) is 0 Å². The number of rotatable bonds is 7. The van der Waals surface area contributed by atoms with E-state index in [1.165, 1.54) is 31.2 Å². The lowest BCUT2D eigenvalue weighted by Gasteiger charge is -2.50. The first kappa shape index (κ1) is 17.3. The van der Waals surface area contributed by atoms with Crippen molar-refractivity contribution in [1.82, 2.24) is 4.90 Å². The van der Waals surface area contributed by atoms with E-state index in [0.29, 0.717) is 6.10 Å². The van der Waals surface area contributed by atoms with Crippen LogP contribution >= 0.6 is 0 Å². The second-order valence-electron chi connectivity index (χ2n) is 8.13. The minimum absolute atomic E-state index is 0.192. The van der Waals surface area contributed by atoms with Crippen LogP contribution in [0.15, 0.2) is 24.3 Å². The summed E-state index contributed by atoms with van der Waals surface area (Å²) in [5.41, 5.74) is 1.54. The van der Waals surface area contributed by atoms with E-state index in [9.17, 15) is 0 Å². The highest BCUT2D eigenvalue weighted by atomic mass is 16.5. The van der Waals surface area contributed by atoms with E-state index in [2.05, 4.69) is 29.2 Å². The first-order chi connectivity index (χ1) is 12.3. The van der Waals surface area contributed by atoms with Crippen molar-refractivity contribution in [3.8, 4) is 5.75 Å². The molecule has 0 radical (unpaired) electrons. The molecule has 138 valence electrons. The third-order valence-corrected chi connectivity index (χ3v) is 6.07. The Labute approximate surface area is 151 Å². The van der Waals surface area contributed by atoms with Crippen LogP contribution in [0.3, 0.4) is 0 Å². The van der Waals surface area contributed by atoms with Gasteiger partial charge < -0.3 is 14.2 Å². The molecular formula is C21H31NO3. The summed E-state index contributed by atoms with van der Waals surface area (Å²) in [6.07, 6.45) is 6.63. The number of piperidine rings is 1. The van der Waals surface area contributed by atoms with Crippen molar-refractivity contribution in [2.75, 3.05) is 40.0 Å². The summed E-state index contributed by atoms with van der Waals surface area (Å²) in [6, 6.07) is 8.47. The third kappa shape index (κ3) is 4.18. The molecular weight excluding hydrogens is 314 g/mol. The van der Waals surface area contributed by atoms with Gasteiger partial charge in [-0.3, -0.25) is 4.90 Å². The quantitative estimate of drug-likeness (QED) is 0.757. The van der Waals surface area contributed by atoms with E-state index < -0.39 is 0 Å². The van der Waals surface area contributed by atoms with E-state index >= 15 is 0 Å². The highest BCUT2D eigenvalue weighted by molar-refractivity contribution is 5.27. The number of hydrogen-bond donors (Lipinski definition) is 0. The monoisotopic (exact) mass is 345 g/mol. The molecule has 0 amide bonds. The minimum Gasteiger partial charge on any atom is -0.497 e. The van der Waals surface area contributed by atoms with Gasteiger partial charge in [-0.05, 0) is 55.7 Å². The Kier molecular flexibility index (Phi) is 5.30. The molecule has 2 saturated heterocycles. The summed E-state index contributed by atoms with van der Waals surface area (Å²) in [7, 11) is 1.72. The first-order valence-electron chi connectivity index (χ1n) is 9.82. The van der Waals surface area contributed by atoms with Crippen LogP contribution in [0.5, 0.6) is 5.75 Å². The maximum absolute atomic E-state index is 6.16. The molecule has 4 heteroatoms. The molecule has 1 aliphatic carbocycles. The molecule has 1 saturated carbocycles. The Morgan fingerprint density at radius 2 is 2.04 bits per heavy atom. The number of benzene rings is 1. The lowest BCUT2D eigenvalue weighted by atomic mass is 9.73. The van der Waals surface area contributed by atoms with Gasteiger partial charge in [-0.2, -0.15) is 0 Å². The van der Waals surface area contributed by atoms with Crippen LogP contribution in [0.2, 0.25) is 0 Å². The summed E-state index contributed by atoms with van der Waals surface area (Å²) < 4.78 is 17.6. The Hall–Kier alpha value is -1.10. The number of likely N-dealkylation sites (tertiary alicyclic amines) is 1. The molecule has 4 nitrogen and oxygen atoms in total. The van der Waals surface area contributed by atoms with E-state index in [1.807, 2.05) is 0 Å². The molecule has 0 unspecified atom stereocenters. The zero-order valence-corrected chi connectivity index (χ0v) is 15.4. The molecule has 25 heavy (non-hydrogen) atoms. The molecule has 1 aromatic rings. The average Bonchev–Trinajstić information content (AvgIpc) is 3.46. The van der Waals surface area contributed by atoms with Gasteiger partial charge in [0.2, 0.25) is 0 Å². The molecule has 0 spiro atoms. The van der Waals surface area contributed by atoms with Crippen LogP contribution < -0.4 is 4.74 Å². The average molecular weight is 345 g/mol. The van der Waals surface area contributed by atoms with Gasteiger partial charge in [-0.1, -0.05) is 12.1 Å². The zero-order chi connectivity index (χ0) is 17.1. The highest BCUT2D eigenvalue weighted by Crippen LogP contribution is 2.41. The molecule has 0 N–H and O–H groups in total. The summed E-state index contributed by atoms with van der Waals surface area (Å²) in [5.74, 6) is 1.76. The summed E-state index contributed by atoms with van der Waals surface area (Å²) in [5, 5.41) is 0. The molecule has 1 aromatic carbocycles. The van der Waals surface area contributed by atoms with Crippen molar-refractivity contribution in [3.63, 3.8) is 0 Å². The van der Waals surface area contributed by atoms with Crippen molar-refractivity contribution in [3.05, 3.63) is 29.8 Å². The Balaban J connectivity index is 1.39. The van der Waals surface area contributed by atoms with Gasteiger partial charge >= 0.3 is 0 Å². The Morgan fingerprint density at radius 1 is 1.20 bits per heavy atom. The molecule has 2 heterocycles. The standard InChI is InChI=1S/C21H31NO3/c1-23-19-7-5-17(6-8-19)13-22-11-9-20-21(15-22,10-2-12-25-20)16-24-14-18-3-4-18/h5-8,18,20H,2-4,9-16H2,1H3/t20-,21+/m0/s1. The van der Waals surface area contributed by atoms with Gasteiger partial charge in [0.1, 0.15) is 5.75 Å². The number of hydrogen-bond acceptors (Lipinski definition) is 4. The summed E-state index contributed by atoms with van der Waals surface area (Å²) >= 11 is 0. The van der Waals surface area contributed by atoms with Gasteiger partial charge in [-0.25, -0.2) is 0 Å². The molecule has 0 aromatic heterocycles. The van der Waals surface area contributed by atoms with Crippen LogP contribution in [-0.4, -0.2) is 51.0 Å². The molecule has 2 aliphatic heterocycles. The van der Waals surface area contributed by atoms with Crippen LogP contribution in [-0.2, 0) is 16.0 Å². The van der Waals surface area contributed by atoms with E-state index in [0.717, 1.165) is 57.5 Å². The fraction of sp³-hybridized carbons (Fsp3) is 0.714. The maximum atomic E-state index is 6.16. The fourth-order valence-corrected chi connectivity index (χ4v) is 4.43. The number of nitrogens with zero attached hydrogens (tertiary/aromatic N) is 1. The SMILES string of the molecule is COc1ccc(CN2CC[C@@H]3OCCC[C@]3(COCC3CC3)C2)cc1. The predicted octanol–water partition coefficient (Wildman–Crippen LogP) is 3.49. The van der Waals surface area contributed by atoms with Gasteiger partial charge in [0.25, 0.3) is 0 Å². The zero-order valence-electron chi connectivity index (χ0n) is 15.4. The lowest BCUT2D eigenvalue weighted by Crippen LogP contribution is -2.56. The molecule has 3 aliphatic rings. The van der Waals surface area contributed by atoms with Crippen LogP contribution in [0.4, 0.5) is 0 Å². The van der Waals surface area contributed by atoms with Crippen molar-refractivity contribution in [2.24, 2.45) is 11.3 Å². The summed E-state index contributed by atoms with van der Waals surface area (Å²) in [6.45, 7) is 5.95. The van der Waals surface area contributed by atoms with Gasteiger partial charge in [0.15, 0.2) is 0 Å². The van der Waals surface area contributed by atoms with E-state index in [-0.39, 0.29) is 5.41 Å². The topological polar surface area (TPSA) is 30.9 Å². The second kappa shape index (κ2) is 7.65. The second-order valence-corrected chi connectivity index (χ2v) is 8.13. The van der Waals surface area contributed by atoms with Crippen molar-refractivity contribution >= 4 is 0 Å². The molecule has 2 atom stereocenters. The smallest absolute Gasteiger partial charge is 0.118 e.